The van der Waals surface area contributed by atoms with Gasteiger partial charge >= 0.3 is 5.97 Å². The lowest BCUT2D eigenvalue weighted by molar-refractivity contribution is -0.873. The Bertz CT molecular complexity index is 842. The normalized spacial score (nSPS) is 18.0. The maximum atomic E-state index is 12.0. The average molecular weight is 500 g/mol. The van der Waals surface area contributed by atoms with Crippen LogP contribution in [0, 0.1) is 5.92 Å². The number of rotatable bonds is 19. The molecule has 0 amide bonds. The van der Waals surface area contributed by atoms with Crippen molar-refractivity contribution in [2.24, 2.45) is 5.92 Å². The highest BCUT2D eigenvalue weighted by molar-refractivity contribution is 5.71. The molecule has 1 aliphatic carbocycles. The van der Waals surface area contributed by atoms with Crippen molar-refractivity contribution in [2.45, 2.75) is 70.5 Å². The summed E-state index contributed by atoms with van der Waals surface area (Å²) in [7, 11) is 5.75. The molecule has 200 valence electrons. The first kappa shape index (κ1) is 31.3. The van der Waals surface area contributed by atoms with E-state index in [2.05, 4.69) is 31.2 Å². The summed E-state index contributed by atoms with van der Waals surface area (Å²) >= 11 is 0. The third kappa shape index (κ3) is 17.7. The predicted molar refractivity (Wildman–Crippen MR) is 144 cm³/mol. The van der Waals surface area contributed by atoms with Crippen LogP contribution in [-0.4, -0.2) is 61.4 Å². The van der Waals surface area contributed by atoms with Crippen LogP contribution in [0.25, 0.3) is 0 Å². The van der Waals surface area contributed by atoms with Crippen LogP contribution in [0.5, 0.6) is 0 Å². The van der Waals surface area contributed by atoms with E-state index in [4.69, 9.17) is 4.74 Å². The largest absolute Gasteiger partial charge is 0.550 e. The minimum Gasteiger partial charge on any atom is -0.550 e. The van der Waals surface area contributed by atoms with E-state index in [1.807, 2.05) is 57.6 Å². The van der Waals surface area contributed by atoms with E-state index in [1.165, 1.54) is 12.0 Å². The molecule has 0 aromatic carbocycles. The molecule has 1 rings (SSSR count). The van der Waals surface area contributed by atoms with Crippen molar-refractivity contribution < 1.29 is 29.0 Å². The number of likely N-dealkylation sites (N-methyl/N-ethyl adjacent to an activating group) is 1. The Morgan fingerprint density at radius 1 is 1.06 bits per heavy atom. The van der Waals surface area contributed by atoms with Gasteiger partial charge in [-0.1, -0.05) is 79.3 Å². The van der Waals surface area contributed by atoms with Crippen LogP contribution in [0.15, 0.2) is 72.4 Å². The lowest BCUT2D eigenvalue weighted by Crippen LogP contribution is -2.45. The van der Waals surface area contributed by atoms with E-state index >= 15 is 0 Å². The smallest absolute Gasteiger partial charge is 0.306 e. The standard InChI is InChI=1S/C30H45NO5/c1-5-25-22-26(25)18-16-17-20-27(32)19-14-12-10-8-6-7-9-11-13-15-21-30(35)36-28(23-29(33)34)24-31(2,3)4/h6-7,10-14,16-17,19,22,25,27-28,32H,5,8-9,15,18,20-21,23-24H2,1-4H3/b7-6+,12-10+,13-11+,17-16+,19-14+. The molecule has 36 heavy (non-hydrogen) atoms. The molecule has 0 heterocycles. The zero-order valence-electron chi connectivity index (χ0n) is 22.5. The van der Waals surface area contributed by atoms with Gasteiger partial charge in [-0.2, -0.15) is 0 Å². The van der Waals surface area contributed by atoms with Crippen molar-refractivity contribution in [1.29, 1.82) is 0 Å². The van der Waals surface area contributed by atoms with Crippen LogP contribution in [0.4, 0.5) is 0 Å². The van der Waals surface area contributed by atoms with Gasteiger partial charge in [-0.05, 0) is 44.4 Å². The fraction of sp³-hybridized carbons (Fsp3) is 0.533. The maximum Gasteiger partial charge on any atom is 0.306 e. The van der Waals surface area contributed by atoms with Gasteiger partial charge < -0.3 is 24.2 Å². The van der Waals surface area contributed by atoms with Crippen LogP contribution < -0.4 is 5.11 Å². The van der Waals surface area contributed by atoms with Gasteiger partial charge in [0.2, 0.25) is 0 Å². The second-order valence-electron chi connectivity index (χ2n) is 10.2. The molecule has 1 N–H and O–H groups in total. The minimum absolute atomic E-state index is 0.217. The number of carbonyl (C=O) groups excluding carboxylic acids is 2. The Labute approximate surface area is 217 Å². The monoisotopic (exact) mass is 499 g/mol. The number of carbonyl (C=O) groups is 2. The van der Waals surface area contributed by atoms with Gasteiger partial charge in [-0.15, -0.1) is 0 Å². The summed E-state index contributed by atoms with van der Waals surface area (Å²) in [5, 5.41) is 20.9. The molecule has 0 saturated heterocycles. The Balaban J connectivity index is 2.12. The van der Waals surface area contributed by atoms with Crippen molar-refractivity contribution in [3.05, 3.63) is 72.4 Å². The van der Waals surface area contributed by atoms with Gasteiger partial charge in [-0.25, -0.2) is 0 Å². The van der Waals surface area contributed by atoms with E-state index in [-0.39, 0.29) is 12.8 Å². The number of allylic oxidation sites excluding steroid dienone is 10. The number of nitrogens with zero attached hydrogens (tertiary/aromatic N) is 1. The number of aliphatic hydroxyl groups excluding tert-OH is 1. The van der Waals surface area contributed by atoms with Crippen molar-refractivity contribution in [2.75, 3.05) is 27.7 Å². The number of quaternary nitrogens is 1. The summed E-state index contributed by atoms with van der Waals surface area (Å²) in [5.74, 6) is -0.894. The molecule has 0 aromatic rings. The van der Waals surface area contributed by atoms with Gasteiger partial charge in [0.25, 0.3) is 0 Å². The highest BCUT2D eigenvalue weighted by atomic mass is 16.5. The van der Waals surface area contributed by atoms with E-state index in [9.17, 15) is 19.8 Å². The molecule has 0 bridgehead atoms. The van der Waals surface area contributed by atoms with Crippen molar-refractivity contribution in [3.63, 3.8) is 0 Å². The van der Waals surface area contributed by atoms with Gasteiger partial charge in [-0.3, -0.25) is 4.79 Å². The van der Waals surface area contributed by atoms with Gasteiger partial charge in [0, 0.05) is 18.8 Å². The summed E-state index contributed by atoms with van der Waals surface area (Å²) in [6.07, 6.45) is 25.9. The summed E-state index contributed by atoms with van der Waals surface area (Å²) in [6.45, 7) is 2.62. The second kappa shape index (κ2) is 17.7. The number of carboxylic acid groups (broad SMARTS) is 1. The number of aliphatic carboxylic acids is 1. The van der Waals surface area contributed by atoms with E-state index in [0.717, 1.165) is 19.3 Å². The van der Waals surface area contributed by atoms with Crippen LogP contribution in [0.1, 0.15) is 58.3 Å². The van der Waals surface area contributed by atoms with Crippen molar-refractivity contribution >= 4 is 11.9 Å². The number of hydrogen-bond donors (Lipinski definition) is 1. The van der Waals surface area contributed by atoms with Crippen LogP contribution in [-0.2, 0) is 14.3 Å². The number of esters is 1. The molecule has 1 aliphatic rings. The summed E-state index contributed by atoms with van der Waals surface area (Å²) < 4.78 is 5.83. The molecule has 0 spiro atoms. The molecular formula is C30H45NO5. The highest BCUT2D eigenvalue weighted by Gasteiger charge is 2.22. The molecule has 3 atom stereocenters. The minimum atomic E-state index is -1.22. The average Bonchev–Trinajstić information content (AvgIpc) is 3.54. The second-order valence-corrected chi connectivity index (χ2v) is 10.2. The molecule has 0 radical (unpaired) electrons. The zero-order valence-corrected chi connectivity index (χ0v) is 22.5. The first-order valence-corrected chi connectivity index (χ1v) is 13.0. The summed E-state index contributed by atoms with van der Waals surface area (Å²) in [5.41, 5.74) is 1.52. The number of carboxylic acids is 1. The topological polar surface area (TPSA) is 86.7 Å². The maximum absolute atomic E-state index is 12.0. The van der Waals surface area contributed by atoms with E-state index < -0.39 is 24.1 Å². The molecule has 6 heteroatoms. The quantitative estimate of drug-likeness (QED) is 0.125. The Morgan fingerprint density at radius 2 is 1.75 bits per heavy atom. The fourth-order valence-corrected chi connectivity index (χ4v) is 3.64. The summed E-state index contributed by atoms with van der Waals surface area (Å²) in [4.78, 5) is 22.9. The van der Waals surface area contributed by atoms with Gasteiger partial charge in [0.05, 0.1) is 27.2 Å². The Hall–Kier alpha value is -2.70. The number of ether oxygens (including phenoxy) is 1. The third-order valence-corrected chi connectivity index (χ3v) is 5.54. The molecule has 0 aliphatic heterocycles. The third-order valence-electron chi connectivity index (χ3n) is 5.54. The van der Waals surface area contributed by atoms with Gasteiger partial charge in [0.15, 0.2) is 6.10 Å². The zero-order chi connectivity index (χ0) is 26.8. The highest BCUT2D eigenvalue weighted by Crippen LogP contribution is 2.34. The van der Waals surface area contributed by atoms with E-state index in [0.29, 0.717) is 29.8 Å². The SMILES string of the molecule is CCC1C=C1C/C=C/CC(O)/C=C/C=C/C/C=C/C/C=C/CCC(=O)OC(CC(=O)[O-])C[N+](C)(C)C. The summed E-state index contributed by atoms with van der Waals surface area (Å²) in [6, 6.07) is 0. The lowest BCUT2D eigenvalue weighted by Gasteiger charge is -2.29. The van der Waals surface area contributed by atoms with Crippen LogP contribution in [0.2, 0.25) is 0 Å². The Kier molecular flexibility index (Phi) is 15.4. The fourth-order valence-electron chi connectivity index (χ4n) is 3.64. The Morgan fingerprint density at radius 3 is 2.39 bits per heavy atom. The predicted octanol–water partition coefficient (Wildman–Crippen LogP) is 4.19. The van der Waals surface area contributed by atoms with Crippen LogP contribution >= 0.6 is 0 Å². The number of aliphatic hydroxyl groups is 1. The number of hydrogen-bond acceptors (Lipinski definition) is 5. The van der Waals surface area contributed by atoms with Gasteiger partial charge in [0.1, 0.15) is 6.54 Å². The van der Waals surface area contributed by atoms with E-state index in [1.54, 1.807) is 6.08 Å². The van der Waals surface area contributed by atoms with Crippen molar-refractivity contribution in [1.82, 2.24) is 0 Å². The molecule has 0 saturated carbocycles. The first-order valence-electron chi connectivity index (χ1n) is 13.0. The van der Waals surface area contributed by atoms with Crippen molar-refractivity contribution in [3.8, 4) is 0 Å². The van der Waals surface area contributed by atoms with Crippen LogP contribution in [0.3, 0.4) is 0 Å². The molecule has 0 aromatic heterocycles. The molecule has 0 fully saturated rings. The lowest BCUT2D eigenvalue weighted by atomic mass is 10.1. The first-order chi connectivity index (χ1) is 17.1. The molecule has 3 unspecified atom stereocenters. The molecule has 6 nitrogen and oxygen atoms in total. The molecular weight excluding hydrogens is 454 g/mol.